The quantitative estimate of drug-likeness (QED) is 0.818. The first-order valence-corrected chi connectivity index (χ1v) is 5.87. The Balaban J connectivity index is 3.09. The van der Waals surface area contributed by atoms with Gasteiger partial charge in [-0.2, -0.15) is 0 Å². The second-order valence-electron chi connectivity index (χ2n) is 5.26. The van der Waals surface area contributed by atoms with Crippen LogP contribution in [-0.4, -0.2) is 13.6 Å². The van der Waals surface area contributed by atoms with Crippen molar-refractivity contribution in [3.05, 3.63) is 34.9 Å². The molecule has 2 heteroatoms. The van der Waals surface area contributed by atoms with Crippen LogP contribution in [0.4, 0.5) is 0 Å². The van der Waals surface area contributed by atoms with E-state index in [4.69, 9.17) is 5.73 Å². The number of aryl methyl sites for hydroxylation is 2. The van der Waals surface area contributed by atoms with E-state index < -0.39 is 0 Å². The van der Waals surface area contributed by atoms with Gasteiger partial charge < -0.3 is 11.1 Å². The summed E-state index contributed by atoms with van der Waals surface area (Å²) in [5, 5.41) is 3.38. The van der Waals surface area contributed by atoms with Crippen molar-refractivity contribution in [2.45, 2.75) is 33.7 Å². The predicted octanol–water partition coefficient (Wildman–Crippen LogP) is 2.55. The maximum Gasteiger partial charge on any atom is 0.0381 e. The molecule has 0 fully saturated rings. The maximum absolute atomic E-state index is 5.85. The minimum absolute atomic E-state index is 0.0659. The smallest absolute Gasteiger partial charge is 0.0381 e. The summed E-state index contributed by atoms with van der Waals surface area (Å²) in [4.78, 5) is 0. The molecule has 0 aliphatic carbocycles. The molecule has 0 saturated heterocycles. The molecule has 0 heterocycles. The average Bonchev–Trinajstić information content (AvgIpc) is 2.24. The lowest BCUT2D eigenvalue weighted by Crippen LogP contribution is -2.37. The van der Waals surface area contributed by atoms with E-state index in [1.165, 1.54) is 16.7 Å². The molecule has 1 atom stereocenters. The Hall–Kier alpha value is -0.860. The van der Waals surface area contributed by atoms with Gasteiger partial charge in [-0.25, -0.2) is 0 Å². The maximum atomic E-state index is 5.85. The summed E-state index contributed by atoms with van der Waals surface area (Å²) in [6.45, 7) is 9.36. The van der Waals surface area contributed by atoms with Crippen molar-refractivity contribution < 1.29 is 0 Å². The highest BCUT2D eigenvalue weighted by atomic mass is 14.9. The molecule has 0 bridgehead atoms. The molecule has 2 nitrogen and oxygen atoms in total. The summed E-state index contributed by atoms with van der Waals surface area (Å²) in [5.41, 5.74) is 9.91. The molecule has 3 N–H and O–H groups in total. The van der Waals surface area contributed by atoms with Crippen molar-refractivity contribution in [1.82, 2.24) is 5.32 Å². The summed E-state index contributed by atoms with van der Waals surface area (Å²) in [6, 6.07) is 6.94. The fraction of sp³-hybridized carbons (Fsp3) is 0.571. The fourth-order valence-electron chi connectivity index (χ4n) is 2.07. The lowest BCUT2D eigenvalue weighted by atomic mass is 9.80. The molecule has 1 rings (SSSR count). The normalized spacial score (nSPS) is 13.9. The number of hydrogen-bond acceptors (Lipinski definition) is 2. The molecular weight excluding hydrogens is 196 g/mol. The van der Waals surface area contributed by atoms with Gasteiger partial charge in [0.2, 0.25) is 0 Å². The Morgan fingerprint density at radius 1 is 1.25 bits per heavy atom. The van der Waals surface area contributed by atoms with Gasteiger partial charge in [-0.15, -0.1) is 0 Å². The lowest BCUT2D eigenvalue weighted by molar-refractivity contribution is 0.265. The van der Waals surface area contributed by atoms with Crippen LogP contribution in [0.1, 0.15) is 36.6 Å². The summed E-state index contributed by atoms with van der Waals surface area (Å²) in [6.07, 6.45) is 0. The van der Waals surface area contributed by atoms with E-state index in [2.05, 4.69) is 51.2 Å². The molecule has 1 unspecified atom stereocenters. The second-order valence-corrected chi connectivity index (χ2v) is 5.26. The number of rotatable bonds is 4. The standard InChI is InChI=1S/C14H24N2/c1-10-6-7-12(8-11(10)2)13(16-5)14(3,4)9-15/h6-8,13,16H,9,15H2,1-5H3. The van der Waals surface area contributed by atoms with Crippen LogP contribution >= 0.6 is 0 Å². The summed E-state index contributed by atoms with van der Waals surface area (Å²) >= 11 is 0. The highest BCUT2D eigenvalue weighted by Crippen LogP contribution is 2.32. The van der Waals surface area contributed by atoms with Crippen LogP contribution in [0.5, 0.6) is 0 Å². The zero-order valence-electron chi connectivity index (χ0n) is 11.1. The topological polar surface area (TPSA) is 38.0 Å². The molecule has 0 aliphatic heterocycles. The molecule has 0 saturated carbocycles. The number of nitrogens with two attached hydrogens (primary N) is 1. The molecule has 0 spiro atoms. The first-order valence-electron chi connectivity index (χ1n) is 5.87. The van der Waals surface area contributed by atoms with Crippen molar-refractivity contribution in [2.75, 3.05) is 13.6 Å². The number of hydrogen-bond donors (Lipinski definition) is 2. The van der Waals surface area contributed by atoms with Gasteiger partial charge in [0.05, 0.1) is 0 Å². The van der Waals surface area contributed by atoms with E-state index in [0.717, 1.165) is 0 Å². The minimum atomic E-state index is 0.0659. The average molecular weight is 220 g/mol. The molecular formula is C14H24N2. The van der Waals surface area contributed by atoms with Crippen molar-refractivity contribution in [2.24, 2.45) is 11.1 Å². The number of benzene rings is 1. The van der Waals surface area contributed by atoms with Crippen LogP contribution in [0.15, 0.2) is 18.2 Å². The van der Waals surface area contributed by atoms with Crippen LogP contribution in [0, 0.1) is 19.3 Å². The van der Waals surface area contributed by atoms with E-state index >= 15 is 0 Å². The Labute approximate surface area is 99.2 Å². The van der Waals surface area contributed by atoms with Crippen LogP contribution in [0.3, 0.4) is 0 Å². The van der Waals surface area contributed by atoms with Gasteiger partial charge in [0, 0.05) is 6.04 Å². The molecule has 0 aliphatic rings. The fourth-order valence-corrected chi connectivity index (χ4v) is 2.07. The third-order valence-electron chi connectivity index (χ3n) is 3.46. The highest BCUT2D eigenvalue weighted by Gasteiger charge is 2.28. The Morgan fingerprint density at radius 3 is 2.31 bits per heavy atom. The van der Waals surface area contributed by atoms with Crippen LogP contribution < -0.4 is 11.1 Å². The summed E-state index contributed by atoms with van der Waals surface area (Å²) in [7, 11) is 2.00. The van der Waals surface area contributed by atoms with Crippen molar-refractivity contribution in [1.29, 1.82) is 0 Å². The Kier molecular flexibility index (Phi) is 4.11. The van der Waals surface area contributed by atoms with Gasteiger partial charge in [0.25, 0.3) is 0 Å². The van der Waals surface area contributed by atoms with E-state index in [-0.39, 0.29) is 5.41 Å². The summed E-state index contributed by atoms with van der Waals surface area (Å²) in [5.74, 6) is 0. The first kappa shape index (κ1) is 13.2. The van der Waals surface area contributed by atoms with Gasteiger partial charge in [-0.05, 0) is 49.5 Å². The van der Waals surface area contributed by atoms with Crippen LogP contribution in [0.2, 0.25) is 0 Å². The Morgan fingerprint density at radius 2 is 1.88 bits per heavy atom. The van der Waals surface area contributed by atoms with E-state index in [0.29, 0.717) is 12.6 Å². The predicted molar refractivity (Wildman–Crippen MR) is 70.6 cm³/mol. The molecule has 16 heavy (non-hydrogen) atoms. The lowest BCUT2D eigenvalue weighted by Gasteiger charge is -2.33. The third-order valence-corrected chi connectivity index (χ3v) is 3.46. The number of nitrogens with one attached hydrogen (secondary N) is 1. The van der Waals surface area contributed by atoms with Crippen molar-refractivity contribution in [3.63, 3.8) is 0 Å². The van der Waals surface area contributed by atoms with Gasteiger partial charge in [0.1, 0.15) is 0 Å². The molecule has 90 valence electrons. The van der Waals surface area contributed by atoms with Gasteiger partial charge in [-0.3, -0.25) is 0 Å². The monoisotopic (exact) mass is 220 g/mol. The van der Waals surface area contributed by atoms with Gasteiger partial charge in [0.15, 0.2) is 0 Å². The highest BCUT2D eigenvalue weighted by molar-refractivity contribution is 5.32. The van der Waals surface area contributed by atoms with Gasteiger partial charge >= 0.3 is 0 Å². The zero-order valence-corrected chi connectivity index (χ0v) is 11.1. The molecule has 0 radical (unpaired) electrons. The Bertz CT molecular complexity index is 356. The summed E-state index contributed by atoms with van der Waals surface area (Å²) < 4.78 is 0. The molecule has 1 aromatic carbocycles. The second kappa shape index (κ2) is 4.98. The van der Waals surface area contributed by atoms with Crippen LogP contribution in [0.25, 0.3) is 0 Å². The van der Waals surface area contributed by atoms with Crippen LogP contribution in [-0.2, 0) is 0 Å². The third kappa shape index (κ3) is 2.63. The molecule has 0 amide bonds. The SMILES string of the molecule is CNC(c1ccc(C)c(C)c1)C(C)(C)CN. The molecule has 1 aromatic rings. The van der Waals surface area contributed by atoms with E-state index in [9.17, 15) is 0 Å². The van der Waals surface area contributed by atoms with E-state index in [1.807, 2.05) is 7.05 Å². The largest absolute Gasteiger partial charge is 0.330 e. The van der Waals surface area contributed by atoms with Crippen molar-refractivity contribution >= 4 is 0 Å². The minimum Gasteiger partial charge on any atom is -0.330 e. The first-order chi connectivity index (χ1) is 7.42. The zero-order chi connectivity index (χ0) is 12.3. The van der Waals surface area contributed by atoms with E-state index in [1.54, 1.807) is 0 Å². The van der Waals surface area contributed by atoms with Gasteiger partial charge in [-0.1, -0.05) is 32.0 Å². The van der Waals surface area contributed by atoms with Crippen molar-refractivity contribution in [3.8, 4) is 0 Å². The molecule has 0 aromatic heterocycles.